The molecule has 0 aromatic heterocycles. The number of nitrogens with zero attached hydrogens (tertiary/aromatic N) is 1. The van der Waals surface area contributed by atoms with E-state index in [1.807, 2.05) is 4.90 Å². The van der Waals surface area contributed by atoms with Gasteiger partial charge in [0.05, 0.1) is 19.3 Å². The highest BCUT2D eigenvalue weighted by molar-refractivity contribution is 5.76. The topological polar surface area (TPSA) is 49.8 Å². The summed E-state index contributed by atoms with van der Waals surface area (Å²) in [6, 6.07) is 0. The molecule has 0 spiro atoms. The Morgan fingerprint density at radius 2 is 2.06 bits per heavy atom. The van der Waals surface area contributed by atoms with E-state index >= 15 is 0 Å². The van der Waals surface area contributed by atoms with Crippen LogP contribution in [0.4, 0.5) is 0 Å². The fraction of sp³-hybridized carbons (Fsp3) is 0.929. The maximum absolute atomic E-state index is 12.1. The average molecular weight is 255 g/mol. The molecule has 1 N–H and O–H groups in total. The molecule has 0 aromatic rings. The lowest BCUT2D eigenvalue weighted by molar-refractivity contribution is -0.140. The first kappa shape index (κ1) is 13.8. The highest BCUT2D eigenvalue weighted by atomic mass is 16.5. The minimum atomic E-state index is -0.183. The van der Waals surface area contributed by atoms with Gasteiger partial charge in [0.2, 0.25) is 5.91 Å². The molecule has 1 aliphatic heterocycles. The molecule has 2 rings (SSSR count). The summed E-state index contributed by atoms with van der Waals surface area (Å²) in [6.45, 7) is 1.80. The van der Waals surface area contributed by atoms with Crippen molar-refractivity contribution in [1.82, 2.24) is 4.90 Å². The predicted molar refractivity (Wildman–Crippen MR) is 69.2 cm³/mol. The summed E-state index contributed by atoms with van der Waals surface area (Å²) in [4.78, 5) is 13.9. The zero-order valence-corrected chi connectivity index (χ0v) is 11.1. The number of hydrogen-bond donors (Lipinski definition) is 1. The standard InChI is InChI=1S/C14H25NO3/c16-11-13-10-15(8-9-18-13)14(17)7-6-12-4-2-1-3-5-12/h12-13,16H,1-11H2. The van der Waals surface area contributed by atoms with Gasteiger partial charge in [-0.25, -0.2) is 0 Å². The lowest BCUT2D eigenvalue weighted by atomic mass is 9.86. The largest absolute Gasteiger partial charge is 0.394 e. The quantitative estimate of drug-likeness (QED) is 0.829. The van der Waals surface area contributed by atoms with Gasteiger partial charge in [-0.2, -0.15) is 0 Å². The molecule has 2 fully saturated rings. The molecule has 1 amide bonds. The molecule has 4 heteroatoms. The number of ether oxygens (including phenoxy) is 1. The summed E-state index contributed by atoms with van der Waals surface area (Å²) in [5.74, 6) is 1.000. The van der Waals surface area contributed by atoms with Crippen LogP contribution in [0.1, 0.15) is 44.9 Å². The number of carbonyl (C=O) groups excluding carboxylic acids is 1. The van der Waals surface area contributed by atoms with E-state index in [2.05, 4.69) is 0 Å². The molecule has 0 bridgehead atoms. The van der Waals surface area contributed by atoms with E-state index in [1.54, 1.807) is 0 Å². The van der Waals surface area contributed by atoms with Crippen molar-refractivity contribution in [2.45, 2.75) is 51.0 Å². The third-order valence-corrected chi connectivity index (χ3v) is 4.19. The van der Waals surface area contributed by atoms with Crippen LogP contribution in [0.15, 0.2) is 0 Å². The first-order valence-corrected chi connectivity index (χ1v) is 7.30. The Kier molecular flexibility index (Phi) is 5.45. The number of amides is 1. The fourth-order valence-corrected chi connectivity index (χ4v) is 3.02. The van der Waals surface area contributed by atoms with Crippen molar-refractivity contribution >= 4 is 5.91 Å². The molecule has 1 heterocycles. The minimum absolute atomic E-state index is 0.00635. The van der Waals surface area contributed by atoms with Gasteiger partial charge in [0.15, 0.2) is 0 Å². The van der Waals surface area contributed by atoms with E-state index in [9.17, 15) is 4.79 Å². The number of aliphatic hydroxyl groups excluding tert-OH is 1. The molecular formula is C14H25NO3. The molecule has 1 saturated heterocycles. The first-order chi connectivity index (χ1) is 8.79. The highest BCUT2D eigenvalue weighted by Crippen LogP contribution is 2.27. The van der Waals surface area contributed by atoms with Crippen LogP contribution in [0, 0.1) is 5.92 Å². The first-order valence-electron chi connectivity index (χ1n) is 7.30. The van der Waals surface area contributed by atoms with Crippen molar-refractivity contribution in [1.29, 1.82) is 0 Å². The molecule has 1 aliphatic carbocycles. The summed E-state index contributed by atoms with van der Waals surface area (Å²) >= 11 is 0. The maximum atomic E-state index is 12.1. The highest BCUT2D eigenvalue weighted by Gasteiger charge is 2.24. The van der Waals surface area contributed by atoms with E-state index < -0.39 is 0 Å². The normalized spacial score (nSPS) is 26.3. The van der Waals surface area contributed by atoms with Crippen LogP contribution >= 0.6 is 0 Å². The predicted octanol–water partition coefficient (Wildman–Crippen LogP) is 1.57. The zero-order valence-electron chi connectivity index (χ0n) is 11.1. The second kappa shape index (κ2) is 7.10. The number of rotatable bonds is 4. The second-order valence-corrected chi connectivity index (χ2v) is 5.56. The molecule has 18 heavy (non-hydrogen) atoms. The lowest BCUT2D eigenvalue weighted by Crippen LogP contribution is -2.46. The Hall–Kier alpha value is -0.610. The zero-order chi connectivity index (χ0) is 12.8. The van der Waals surface area contributed by atoms with Gasteiger partial charge in [-0.15, -0.1) is 0 Å². The van der Waals surface area contributed by atoms with Crippen molar-refractivity contribution in [2.24, 2.45) is 5.92 Å². The van der Waals surface area contributed by atoms with Crippen LogP contribution < -0.4 is 0 Å². The molecule has 1 saturated carbocycles. The Bertz CT molecular complexity index is 264. The fourth-order valence-electron chi connectivity index (χ4n) is 3.02. The Morgan fingerprint density at radius 1 is 1.28 bits per heavy atom. The molecule has 2 aliphatic rings. The third kappa shape index (κ3) is 3.95. The third-order valence-electron chi connectivity index (χ3n) is 4.19. The van der Waals surface area contributed by atoms with Crippen molar-refractivity contribution in [3.05, 3.63) is 0 Å². The Morgan fingerprint density at radius 3 is 2.78 bits per heavy atom. The van der Waals surface area contributed by atoms with Gasteiger partial charge in [-0.1, -0.05) is 32.1 Å². The van der Waals surface area contributed by atoms with Gasteiger partial charge in [0, 0.05) is 19.5 Å². The molecule has 1 unspecified atom stereocenters. The summed E-state index contributed by atoms with van der Waals surface area (Å²) in [7, 11) is 0. The Labute approximate surface area is 109 Å². The summed E-state index contributed by atoms with van der Waals surface area (Å²) in [6.07, 6.45) is 8.17. The van der Waals surface area contributed by atoms with Crippen molar-refractivity contribution in [3.63, 3.8) is 0 Å². The van der Waals surface area contributed by atoms with Crippen LogP contribution in [0.5, 0.6) is 0 Å². The van der Waals surface area contributed by atoms with Crippen LogP contribution in [-0.2, 0) is 9.53 Å². The maximum Gasteiger partial charge on any atom is 0.222 e. The van der Waals surface area contributed by atoms with E-state index in [0.717, 1.165) is 12.3 Å². The van der Waals surface area contributed by atoms with Gasteiger partial charge < -0.3 is 14.7 Å². The SMILES string of the molecule is O=C(CCC1CCCCC1)N1CCOC(CO)C1. The van der Waals surface area contributed by atoms with E-state index in [4.69, 9.17) is 9.84 Å². The van der Waals surface area contributed by atoms with Gasteiger partial charge in [-0.05, 0) is 12.3 Å². The number of aliphatic hydroxyl groups is 1. The van der Waals surface area contributed by atoms with E-state index in [-0.39, 0.29) is 18.6 Å². The minimum Gasteiger partial charge on any atom is -0.394 e. The average Bonchev–Trinajstić information content (AvgIpc) is 2.46. The van der Waals surface area contributed by atoms with Crippen LogP contribution in [-0.4, -0.2) is 48.3 Å². The summed E-state index contributed by atoms with van der Waals surface area (Å²) in [5, 5.41) is 9.06. The Balaban J connectivity index is 1.70. The summed E-state index contributed by atoms with van der Waals surface area (Å²) < 4.78 is 5.36. The van der Waals surface area contributed by atoms with Crippen molar-refractivity contribution in [2.75, 3.05) is 26.3 Å². The number of hydrogen-bond acceptors (Lipinski definition) is 3. The van der Waals surface area contributed by atoms with E-state index in [0.29, 0.717) is 26.1 Å². The summed E-state index contributed by atoms with van der Waals surface area (Å²) in [5.41, 5.74) is 0. The molecular weight excluding hydrogens is 230 g/mol. The van der Waals surface area contributed by atoms with E-state index in [1.165, 1.54) is 32.1 Å². The lowest BCUT2D eigenvalue weighted by Gasteiger charge is -2.32. The van der Waals surface area contributed by atoms with Gasteiger partial charge >= 0.3 is 0 Å². The number of morpholine rings is 1. The second-order valence-electron chi connectivity index (χ2n) is 5.56. The smallest absolute Gasteiger partial charge is 0.222 e. The molecule has 4 nitrogen and oxygen atoms in total. The van der Waals surface area contributed by atoms with Crippen molar-refractivity contribution < 1.29 is 14.6 Å². The molecule has 104 valence electrons. The van der Waals surface area contributed by atoms with Gasteiger partial charge in [0.25, 0.3) is 0 Å². The van der Waals surface area contributed by atoms with Gasteiger partial charge in [0.1, 0.15) is 0 Å². The number of carbonyl (C=O) groups is 1. The molecule has 0 aromatic carbocycles. The molecule has 0 radical (unpaired) electrons. The van der Waals surface area contributed by atoms with Gasteiger partial charge in [-0.3, -0.25) is 4.79 Å². The monoisotopic (exact) mass is 255 g/mol. The van der Waals surface area contributed by atoms with Crippen LogP contribution in [0.3, 0.4) is 0 Å². The van der Waals surface area contributed by atoms with Crippen LogP contribution in [0.25, 0.3) is 0 Å². The van der Waals surface area contributed by atoms with Crippen molar-refractivity contribution in [3.8, 4) is 0 Å². The molecule has 1 atom stereocenters. The van der Waals surface area contributed by atoms with Crippen LogP contribution in [0.2, 0.25) is 0 Å².